The van der Waals surface area contributed by atoms with E-state index in [-0.39, 0.29) is 0 Å². The standard InChI is InChI=1S/C53H31N3O/c1-2-15-34(16-3-1)51-54-52(56-53(55-51)46-30-44-37-19-7-5-14-33(37)25-27-42(44)39-20-8-9-21-40(39)46)35-26-28-48-47(29-35)50-43-23-11-10-22-41(43)45(31-49(50)57-48)38-24-12-17-32-13-4-6-18-36(32)38/h1-31H. The Morgan fingerprint density at radius 3 is 1.68 bits per heavy atom. The zero-order chi connectivity index (χ0) is 37.5. The Morgan fingerprint density at radius 2 is 0.877 bits per heavy atom. The molecule has 0 saturated heterocycles. The Morgan fingerprint density at radius 1 is 0.281 bits per heavy atom. The van der Waals surface area contributed by atoms with Gasteiger partial charge in [-0.3, -0.25) is 0 Å². The van der Waals surface area contributed by atoms with Crippen LogP contribution in [0.3, 0.4) is 0 Å². The third-order valence-electron chi connectivity index (χ3n) is 11.5. The minimum Gasteiger partial charge on any atom is -0.456 e. The van der Waals surface area contributed by atoms with E-state index in [0.29, 0.717) is 17.5 Å². The van der Waals surface area contributed by atoms with E-state index in [0.717, 1.165) is 55.0 Å². The molecule has 2 heterocycles. The first-order valence-corrected chi connectivity index (χ1v) is 19.3. The summed E-state index contributed by atoms with van der Waals surface area (Å²) in [5.41, 5.74) is 6.80. The van der Waals surface area contributed by atoms with E-state index in [1.54, 1.807) is 0 Å². The van der Waals surface area contributed by atoms with Gasteiger partial charge in [0.05, 0.1) is 0 Å². The maximum atomic E-state index is 6.68. The first-order valence-electron chi connectivity index (χ1n) is 19.3. The average Bonchev–Trinajstić information content (AvgIpc) is 3.66. The lowest BCUT2D eigenvalue weighted by atomic mass is 9.92. The molecular formula is C53H31N3O. The number of rotatable bonds is 4. The molecule has 0 spiro atoms. The summed E-state index contributed by atoms with van der Waals surface area (Å²) in [6, 6.07) is 66.3. The highest BCUT2D eigenvalue weighted by atomic mass is 16.3. The number of nitrogens with zero attached hydrogens (tertiary/aromatic N) is 3. The molecule has 12 aromatic rings. The van der Waals surface area contributed by atoms with Crippen molar-refractivity contribution in [3.8, 4) is 45.3 Å². The number of hydrogen-bond acceptors (Lipinski definition) is 4. The zero-order valence-corrected chi connectivity index (χ0v) is 30.6. The minimum absolute atomic E-state index is 0.605. The molecule has 0 aliphatic carbocycles. The van der Waals surface area contributed by atoms with E-state index in [9.17, 15) is 0 Å². The van der Waals surface area contributed by atoms with Crippen LogP contribution in [0.4, 0.5) is 0 Å². The molecule has 10 aromatic carbocycles. The fraction of sp³-hybridized carbons (Fsp3) is 0. The van der Waals surface area contributed by atoms with Gasteiger partial charge < -0.3 is 4.42 Å². The predicted molar refractivity (Wildman–Crippen MR) is 236 cm³/mol. The van der Waals surface area contributed by atoms with Gasteiger partial charge in [0.1, 0.15) is 11.2 Å². The highest BCUT2D eigenvalue weighted by Gasteiger charge is 2.20. The van der Waals surface area contributed by atoms with Crippen molar-refractivity contribution in [2.24, 2.45) is 0 Å². The van der Waals surface area contributed by atoms with Gasteiger partial charge in [-0.15, -0.1) is 0 Å². The van der Waals surface area contributed by atoms with Gasteiger partial charge >= 0.3 is 0 Å². The van der Waals surface area contributed by atoms with Crippen LogP contribution in [0.25, 0.3) is 121 Å². The predicted octanol–water partition coefficient (Wildman–Crippen LogP) is 14.2. The third kappa shape index (κ3) is 4.98. The Balaban J connectivity index is 1.10. The van der Waals surface area contributed by atoms with E-state index in [1.807, 2.05) is 18.2 Å². The lowest BCUT2D eigenvalue weighted by Crippen LogP contribution is -2.00. The Bertz CT molecular complexity index is 3580. The number of furan rings is 1. The summed E-state index contributed by atoms with van der Waals surface area (Å²) in [4.78, 5) is 15.7. The van der Waals surface area contributed by atoms with Gasteiger partial charge in [0, 0.05) is 27.5 Å². The quantitative estimate of drug-likeness (QED) is 0.170. The first-order chi connectivity index (χ1) is 28.2. The molecule has 57 heavy (non-hydrogen) atoms. The lowest BCUT2D eigenvalue weighted by Gasteiger charge is -2.14. The van der Waals surface area contributed by atoms with Crippen LogP contribution < -0.4 is 0 Å². The molecule has 0 atom stereocenters. The fourth-order valence-corrected chi connectivity index (χ4v) is 8.85. The second-order valence-corrected chi connectivity index (χ2v) is 14.7. The van der Waals surface area contributed by atoms with Gasteiger partial charge in [-0.1, -0.05) is 158 Å². The summed E-state index contributed by atoms with van der Waals surface area (Å²) < 4.78 is 6.68. The summed E-state index contributed by atoms with van der Waals surface area (Å²) >= 11 is 0. The summed E-state index contributed by atoms with van der Waals surface area (Å²) in [6.45, 7) is 0. The summed E-state index contributed by atoms with van der Waals surface area (Å²) in [7, 11) is 0. The molecule has 4 heteroatoms. The molecule has 0 radical (unpaired) electrons. The molecule has 0 fully saturated rings. The van der Waals surface area contributed by atoms with Gasteiger partial charge in [0.15, 0.2) is 17.5 Å². The molecule has 0 aliphatic heterocycles. The topological polar surface area (TPSA) is 51.8 Å². The molecule has 2 aromatic heterocycles. The maximum absolute atomic E-state index is 6.68. The van der Waals surface area contributed by atoms with E-state index in [4.69, 9.17) is 19.4 Å². The summed E-state index contributed by atoms with van der Waals surface area (Å²) in [5, 5.41) is 13.9. The van der Waals surface area contributed by atoms with Crippen LogP contribution >= 0.6 is 0 Å². The second-order valence-electron chi connectivity index (χ2n) is 14.7. The normalized spacial score (nSPS) is 11.9. The van der Waals surface area contributed by atoms with Gasteiger partial charge in [-0.2, -0.15) is 0 Å². The smallest absolute Gasteiger partial charge is 0.164 e. The Labute approximate surface area is 327 Å². The maximum Gasteiger partial charge on any atom is 0.164 e. The third-order valence-corrected chi connectivity index (χ3v) is 11.5. The summed E-state index contributed by atoms with van der Waals surface area (Å²) in [5.74, 6) is 1.86. The van der Waals surface area contributed by atoms with Crippen LogP contribution in [0.2, 0.25) is 0 Å². The van der Waals surface area contributed by atoms with Crippen molar-refractivity contribution in [3.05, 3.63) is 188 Å². The Kier molecular flexibility index (Phi) is 6.89. The van der Waals surface area contributed by atoms with Crippen LogP contribution in [-0.2, 0) is 0 Å². The van der Waals surface area contributed by atoms with E-state index < -0.39 is 0 Å². The molecule has 0 aliphatic rings. The molecule has 0 bridgehead atoms. The number of hydrogen-bond donors (Lipinski definition) is 0. The number of fused-ring (bicyclic) bond motifs is 11. The van der Waals surface area contributed by atoms with Crippen molar-refractivity contribution >= 4 is 75.8 Å². The first kappa shape index (κ1) is 31.6. The second kappa shape index (κ2) is 12.4. The Hall–Kier alpha value is -7.69. The van der Waals surface area contributed by atoms with E-state index in [1.165, 1.54) is 48.7 Å². The molecule has 4 nitrogen and oxygen atoms in total. The molecule has 12 rings (SSSR count). The van der Waals surface area contributed by atoms with Gasteiger partial charge in [-0.25, -0.2) is 15.0 Å². The van der Waals surface area contributed by atoms with Gasteiger partial charge in [0.2, 0.25) is 0 Å². The lowest BCUT2D eigenvalue weighted by molar-refractivity contribution is 0.669. The molecule has 0 saturated carbocycles. The van der Waals surface area contributed by atoms with Crippen molar-refractivity contribution in [2.75, 3.05) is 0 Å². The largest absolute Gasteiger partial charge is 0.456 e. The van der Waals surface area contributed by atoms with Gasteiger partial charge in [0.25, 0.3) is 0 Å². The molecule has 0 N–H and O–H groups in total. The average molecular weight is 726 g/mol. The number of benzene rings is 10. The molecule has 264 valence electrons. The van der Waals surface area contributed by atoms with Crippen molar-refractivity contribution in [1.29, 1.82) is 0 Å². The highest BCUT2D eigenvalue weighted by molar-refractivity contribution is 6.24. The van der Waals surface area contributed by atoms with E-state index in [2.05, 4.69) is 170 Å². The van der Waals surface area contributed by atoms with Crippen LogP contribution in [-0.4, -0.2) is 15.0 Å². The van der Waals surface area contributed by atoms with Crippen LogP contribution in [0.5, 0.6) is 0 Å². The van der Waals surface area contributed by atoms with Crippen molar-refractivity contribution < 1.29 is 4.42 Å². The van der Waals surface area contributed by atoms with Crippen LogP contribution in [0.15, 0.2) is 192 Å². The van der Waals surface area contributed by atoms with Crippen molar-refractivity contribution in [3.63, 3.8) is 0 Å². The molecule has 0 amide bonds. The molecular weight excluding hydrogens is 695 g/mol. The van der Waals surface area contributed by atoms with Crippen LogP contribution in [0, 0.1) is 0 Å². The fourth-order valence-electron chi connectivity index (χ4n) is 8.85. The molecule has 0 unspecified atom stereocenters. The highest BCUT2D eigenvalue weighted by Crippen LogP contribution is 2.43. The van der Waals surface area contributed by atoms with Crippen molar-refractivity contribution in [1.82, 2.24) is 15.0 Å². The van der Waals surface area contributed by atoms with Crippen molar-refractivity contribution in [2.45, 2.75) is 0 Å². The SMILES string of the molecule is c1ccc(-c2nc(-c3ccc4oc5cc(-c6cccc7ccccc67)c6ccccc6c5c4c3)nc(-c3cc4c5ccccc5ccc4c4ccccc34)n2)cc1. The van der Waals surface area contributed by atoms with Crippen LogP contribution in [0.1, 0.15) is 0 Å². The minimum atomic E-state index is 0.605. The zero-order valence-electron chi connectivity index (χ0n) is 30.6. The monoisotopic (exact) mass is 725 g/mol. The van der Waals surface area contributed by atoms with E-state index >= 15 is 0 Å². The summed E-state index contributed by atoms with van der Waals surface area (Å²) in [6.07, 6.45) is 0. The van der Waals surface area contributed by atoms with Gasteiger partial charge in [-0.05, 0) is 95.3 Å². The number of aromatic nitrogens is 3.